The Balaban J connectivity index is 2.64. The molecule has 0 aliphatic rings. The zero-order chi connectivity index (χ0) is 13.8. The first-order valence-corrected chi connectivity index (χ1v) is 6.77. The number of esters is 1. The van der Waals surface area contributed by atoms with Crippen molar-refractivity contribution in [1.82, 2.24) is 0 Å². The Kier molecular flexibility index (Phi) is 5.23. The van der Waals surface area contributed by atoms with Gasteiger partial charge in [0, 0.05) is 15.5 Å². The van der Waals surface area contributed by atoms with Crippen LogP contribution in [0.3, 0.4) is 0 Å². The average molecular weight is 287 g/mol. The van der Waals surface area contributed by atoms with Gasteiger partial charge in [-0.1, -0.05) is 11.6 Å². The van der Waals surface area contributed by atoms with Crippen LogP contribution in [0.4, 0.5) is 0 Å². The Morgan fingerprint density at radius 3 is 2.67 bits per heavy atom. The van der Waals surface area contributed by atoms with Crippen LogP contribution in [0.15, 0.2) is 23.1 Å². The lowest BCUT2D eigenvalue weighted by Crippen LogP contribution is -2.24. The standard InChI is InChI=1S/C13H15ClO3S/c1-13(2,3)17-12(16)8-18-11-5-4-10(14)6-9(11)7-15/h4-7H,8H2,1-3H3. The first kappa shape index (κ1) is 15.1. The largest absolute Gasteiger partial charge is 0.459 e. The molecule has 1 rings (SSSR count). The SMILES string of the molecule is CC(C)(C)OC(=O)CSc1ccc(Cl)cc1C=O. The molecule has 0 spiro atoms. The number of thioether (sulfide) groups is 1. The molecule has 98 valence electrons. The second-order valence-corrected chi connectivity index (χ2v) is 6.13. The van der Waals surface area contributed by atoms with Crippen LogP contribution >= 0.6 is 23.4 Å². The summed E-state index contributed by atoms with van der Waals surface area (Å²) in [6.45, 7) is 5.44. The third-order valence-electron chi connectivity index (χ3n) is 1.86. The van der Waals surface area contributed by atoms with Crippen molar-refractivity contribution in [3.8, 4) is 0 Å². The maximum absolute atomic E-state index is 11.5. The summed E-state index contributed by atoms with van der Waals surface area (Å²) in [5, 5.41) is 0.499. The van der Waals surface area contributed by atoms with E-state index in [-0.39, 0.29) is 11.7 Å². The summed E-state index contributed by atoms with van der Waals surface area (Å²) in [6.07, 6.45) is 0.726. The van der Waals surface area contributed by atoms with E-state index in [1.165, 1.54) is 11.8 Å². The molecule has 0 aliphatic heterocycles. The Bertz CT molecular complexity index is 452. The third kappa shape index (κ3) is 5.10. The molecule has 0 unspecified atom stereocenters. The fraction of sp³-hybridized carbons (Fsp3) is 0.385. The second-order valence-electron chi connectivity index (χ2n) is 4.68. The van der Waals surface area contributed by atoms with Gasteiger partial charge in [0.15, 0.2) is 6.29 Å². The van der Waals surface area contributed by atoms with Gasteiger partial charge in [0.1, 0.15) is 5.60 Å². The fourth-order valence-corrected chi connectivity index (χ4v) is 2.20. The van der Waals surface area contributed by atoms with Crippen LogP contribution in [-0.2, 0) is 9.53 Å². The molecule has 0 fully saturated rings. The first-order chi connectivity index (χ1) is 8.31. The average Bonchev–Trinajstić information content (AvgIpc) is 2.24. The number of rotatable bonds is 4. The number of benzene rings is 1. The number of hydrogen-bond acceptors (Lipinski definition) is 4. The fourth-order valence-electron chi connectivity index (χ4n) is 1.25. The molecule has 0 atom stereocenters. The minimum Gasteiger partial charge on any atom is -0.459 e. The molecule has 0 aliphatic carbocycles. The smallest absolute Gasteiger partial charge is 0.316 e. The molecule has 0 bridgehead atoms. The Labute approximate surface area is 116 Å². The predicted octanol–water partition coefficient (Wildman–Crippen LogP) is 3.59. The number of aldehydes is 1. The molecule has 0 saturated carbocycles. The minimum atomic E-state index is -0.495. The highest BCUT2D eigenvalue weighted by atomic mass is 35.5. The highest BCUT2D eigenvalue weighted by Gasteiger charge is 2.16. The lowest BCUT2D eigenvalue weighted by atomic mass is 10.2. The van der Waals surface area contributed by atoms with E-state index in [9.17, 15) is 9.59 Å². The number of halogens is 1. The van der Waals surface area contributed by atoms with Crippen LogP contribution in [0.2, 0.25) is 5.02 Å². The van der Waals surface area contributed by atoms with Crippen molar-refractivity contribution in [2.45, 2.75) is 31.3 Å². The van der Waals surface area contributed by atoms with Gasteiger partial charge < -0.3 is 4.74 Å². The van der Waals surface area contributed by atoms with Gasteiger partial charge in [-0.2, -0.15) is 0 Å². The van der Waals surface area contributed by atoms with Crippen LogP contribution in [0.5, 0.6) is 0 Å². The van der Waals surface area contributed by atoms with E-state index in [1.807, 2.05) is 20.8 Å². The Morgan fingerprint density at radius 1 is 1.44 bits per heavy atom. The van der Waals surface area contributed by atoms with Crippen molar-refractivity contribution in [3.05, 3.63) is 28.8 Å². The molecular weight excluding hydrogens is 272 g/mol. The third-order valence-corrected chi connectivity index (χ3v) is 3.16. The Morgan fingerprint density at radius 2 is 2.11 bits per heavy atom. The van der Waals surface area contributed by atoms with E-state index in [0.717, 1.165) is 11.2 Å². The van der Waals surface area contributed by atoms with Gasteiger partial charge in [-0.05, 0) is 39.0 Å². The van der Waals surface area contributed by atoms with Crippen molar-refractivity contribution in [2.75, 3.05) is 5.75 Å². The highest BCUT2D eigenvalue weighted by molar-refractivity contribution is 8.00. The van der Waals surface area contributed by atoms with Crippen LogP contribution in [0.25, 0.3) is 0 Å². The van der Waals surface area contributed by atoms with E-state index < -0.39 is 5.60 Å². The van der Waals surface area contributed by atoms with Gasteiger partial charge >= 0.3 is 5.97 Å². The van der Waals surface area contributed by atoms with Gasteiger partial charge in [-0.25, -0.2) is 0 Å². The van der Waals surface area contributed by atoms with E-state index in [2.05, 4.69) is 0 Å². The first-order valence-electron chi connectivity index (χ1n) is 5.41. The number of carbonyl (C=O) groups excluding carboxylic acids is 2. The Hall–Kier alpha value is -1.00. The molecule has 3 nitrogen and oxygen atoms in total. The molecule has 1 aromatic rings. The molecule has 18 heavy (non-hydrogen) atoms. The second kappa shape index (κ2) is 6.25. The van der Waals surface area contributed by atoms with Crippen molar-refractivity contribution in [3.63, 3.8) is 0 Å². The van der Waals surface area contributed by atoms with E-state index in [0.29, 0.717) is 10.6 Å². The molecule has 0 N–H and O–H groups in total. The highest BCUT2D eigenvalue weighted by Crippen LogP contribution is 2.25. The van der Waals surface area contributed by atoms with E-state index in [4.69, 9.17) is 16.3 Å². The van der Waals surface area contributed by atoms with Gasteiger partial charge in [0.25, 0.3) is 0 Å². The van der Waals surface area contributed by atoms with Crippen LogP contribution in [-0.4, -0.2) is 23.6 Å². The number of carbonyl (C=O) groups is 2. The zero-order valence-corrected chi connectivity index (χ0v) is 12.1. The van der Waals surface area contributed by atoms with Crippen LogP contribution in [0.1, 0.15) is 31.1 Å². The van der Waals surface area contributed by atoms with Crippen molar-refractivity contribution in [1.29, 1.82) is 0 Å². The minimum absolute atomic E-state index is 0.166. The summed E-state index contributed by atoms with van der Waals surface area (Å²) in [7, 11) is 0. The quantitative estimate of drug-likeness (QED) is 0.482. The molecule has 0 saturated heterocycles. The van der Waals surface area contributed by atoms with E-state index in [1.54, 1.807) is 18.2 Å². The lowest BCUT2D eigenvalue weighted by molar-refractivity contribution is -0.151. The summed E-state index contributed by atoms with van der Waals surface area (Å²) in [6, 6.07) is 4.99. The zero-order valence-electron chi connectivity index (χ0n) is 10.5. The summed E-state index contributed by atoms with van der Waals surface area (Å²) in [5.41, 5.74) is -0.0125. The summed E-state index contributed by atoms with van der Waals surface area (Å²) in [5.74, 6) is -0.140. The van der Waals surface area contributed by atoms with Gasteiger partial charge in [-0.3, -0.25) is 9.59 Å². The van der Waals surface area contributed by atoms with Crippen molar-refractivity contribution >= 4 is 35.6 Å². The molecule has 0 amide bonds. The normalized spacial score (nSPS) is 11.1. The maximum atomic E-state index is 11.5. The van der Waals surface area contributed by atoms with Gasteiger partial charge in [0.05, 0.1) is 5.75 Å². The molecule has 0 radical (unpaired) electrons. The number of hydrogen-bond donors (Lipinski definition) is 0. The number of ether oxygens (including phenoxy) is 1. The predicted molar refractivity (Wildman–Crippen MR) is 73.4 cm³/mol. The van der Waals surface area contributed by atoms with Crippen molar-refractivity contribution < 1.29 is 14.3 Å². The summed E-state index contributed by atoms with van der Waals surface area (Å²) >= 11 is 7.05. The molecular formula is C13H15ClO3S. The summed E-state index contributed by atoms with van der Waals surface area (Å²) in [4.78, 5) is 23.1. The monoisotopic (exact) mass is 286 g/mol. The van der Waals surface area contributed by atoms with Gasteiger partial charge in [0.2, 0.25) is 0 Å². The maximum Gasteiger partial charge on any atom is 0.316 e. The lowest BCUT2D eigenvalue weighted by Gasteiger charge is -2.19. The van der Waals surface area contributed by atoms with Gasteiger partial charge in [-0.15, -0.1) is 11.8 Å². The molecule has 5 heteroatoms. The van der Waals surface area contributed by atoms with Crippen molar-refractivity contribution in [2.24, 2.45) is 0 Å². The van der Waals surface area contributed by atoms with Crippen LogP contribution in [0, 0.1) is 0 Å². The topological polar surface area (TPSA) is 43.4 Å². The van der Waals surface area contributed by atoms with Crippen LogP contribution < -0.4 is 0 Å². The molecule has 1 aromatic carbocycles. The molecule has 0 aromatic heterocycles. The molecule has 0 heterocycles. The van der Waals surface area contributed by atoms with E-state index >= 15 is 0 Å². The summed E-state index contributed by atoms with van der Waals surface area (Å²) < 4.78 is 5.18.